The molecule has 16 heavy (non-hydrogen) atoms. The van der Waals surface area contributed by atoms with Crippen LogP contribution in [0.3, 0.4) is 0 Å². The van der Waals surface area contributed by atoms with E-state index in [4.69, 9.17) is 0 Å². The fourth-order valence-corrected chi connectivity index (χ4v) is 2.31. The van der Waals surface area contributed by atoms with Crippen molar-refractivity contribution >= 4 is 0 Å². The van der Waals surface area contributed by atoms with Crippen molar-refractivity contribution < 1.29 is 0 Å². The Balaban J connectivity index is 3.32. The monoisotopic (exact) mass is 224 g/mol. The van der Waals surface area contributed by atoms with Crippen LogP contribution < -0.4 is 0 Å². The minimum atomic E-state index is 0.992. The van der Waals surface area contributed by atoms with Gasteiger partial charge >= 0.3 is 0 Å². The molecule has 0 saturated heterocycles. The predicted molar refractivity (Wildman–Crippen MR) is 75.8 cm³/mol. The second kappa shape index (κ2) is 12.8. The zero-order chi connectivity index (χ0) is 12.1. The van der Waals surface area contributed by atoms with Crippen LogP contribution in [0.1, 0.15) is 84.5 Å². The topological polar surface area (TPSA) is 0 Å². The lowest BCUT2D eigenvalue weighted by Crippen LogP contribution is -1.99. The molecule has 0 bridgehead atoms. The van der Waals surface area contributed by atoms with E-state index in [0.29, 0.717) is 0 Å². The third kappa shape index (κ3) is 10.3. The van der Waals surface area contributed by atoms with Crippen molar-refractivity contribution in [3.63, 3.8) is 0 Å². The zero-order valence-corrected chi connectivity index (χ0v) is 11.6. The van der Waals surface area contributed by atoms with Crippen LogP contribution in [0.15, 0.2) is 12.7 Å². The van der Waals surface area contributed by atoms with Gasteiger partial charge in [0.1, 0.15) is 0 Å². The highest BCUT2D eigenvalue weighted by molar-refractivity contribution is 4.66. The van der Waals surface area contributed by atoms with E-state index in [1.165, 1.54) is 70.6 Å². The Kier molecular flexibility index (Phi) is 12.6. The van der Waals surface area contributed by atoms with E-state index in [2.05, 4.69) is 20.4 Å². The largest absolute Gasteiger partial charge is 0.103 e. The summed E-state index contributed by atoms with van der Waals surface area (Å²) < 4.78 is 0. The number of rotatable bonds is 12. The van der Waals surface area contributed by atoms with Gasteiger partial charge in [0, 0.05) is 0 Å². The van der Waals surface area contributed by atoms with Gasteiger partial charge in [-0.1, -0.05) is 77.7 Å². The van der Waals surface area contributed by atoms with Crippen molar-refractivity contribution in [2.24, 2.45) is 5.92 Å². The molecule has 1 unspecified atom stereocenters. The minimum Gasteiger partial charge on any atom is -0.103 e. The maximum atomic E-state index is 3.78. The van der Waals surface area contributed by atoms with Crippen LogP contribution in [-0.4, -0.2) is 0 Å². The first kappa shape index (κ1) is 15.7. The standard InChI is InChI=1S/C16H32/c1-4-7-9-11-13-15-16(6-3)14-12-10-8-5-2/h5,16H,2,4,6-15H2,1,3H3. The first-order valence-electron chi connectivity index (χ1n) is 7.46. The highest BCUT2D eigenvalue weighted by Crippen LogP contribution is 2.20. The molecule has 0 rings (SSSR count). The summed E-state index contributed by atoms with van der Waals surface area (Å²) in [6, 6.07) is 0. The van der Waals surface area contributed by atoms with Crippen molar-refractivity contribution in [1.82, 2.24) is 0 Å². The number of unbranched alkanes of at least 4 members (excludes halogenated alkanes) is 6. The molecule has 0 heteroatoms. The quantitative estimate of drug-likeness (QED) is 0.277. The lowest BCUT2D eigenvalue weighted by Gasteiger charge is -2.14. The van der Waals surface area contributed by atoms with Crippen LogP contribution in [0.4, 0.5) is 0 Å². The van der Waals surface area contributed by atoms with E-state index in [0.717, 1.165) is 5.92 Å². The van der Waals surface area contributed by atoms with Crippen LogP contribution in [-0.2, 0) is 0 Å². The number of hydrogen-bond donors (Lipinski definition) is 0. The molecule has 0 N–H and O–H groups in total. The molecule has 0 amide bonds. The minimum absolute atomic E-state index is 0.992. The lowest BCUT2D eigenvalue weighted by molar-refractivity contribution is 0.398. The molecule has 0 saturated carbocycles. The molecule has 1 atom stereocenters. The molecule has 96 valence electrons. The van der Waals surface area contributed by atoms with Gasteiger partial charge in [0.2, 0.25) is 0 Å². The molecule has 0 aliphatic carbocycles. The molecular formula is C16H32. The molecule has 0 aromatic carbocycles. The molecule has 0 aliphatic heterocycles. The molecule has 0 radical (unpaired) electrons. The number of hydrogen-bond acceptors (Lipinski definition) is 0. The third-order valence-corrected chi connectivity index (χ3v) is 3.56. The Bertz CT molecular complexity index is 137. The first-order valence-corrected chi connectivity index (χ1v) is 7.46. The smallest absolute Gasteiger partial charge is 0.0353 e. The second-order valence-corrected chi connectivity index (χ2v) is 5.05. The Morgan fingerprint density at radius 3 is 2.06 bits per heavy atom. The molecule has 0 aromatic rings. The van der Waals surface area contributed by atoms with Gasteiger partial charge in [-0.2, -0.15) is 0 Å². The molecule has 0 aromatic heterocycles. The van der Waals surface area contributed by atoms with Gasteiger partial charge in [0.25, 0.3) is 0 Å². The van der Waals surface area contributed by atoms with Gasteiger partial charge in [0.15, 0.2) is 0 Å². The van der Waals surface area contributed by atoms with Gasteiger partial charge in [-0.3, -0.25) is 0 Å². The Morgan fingerprint density at radius 2 is 1.50 bits per heavy atom. The van der Waals surface area contributed by atoms with Gasteiger partial charge in [-0.15, -0.1) is 6.58 Å². The summed E-state index contributed by atoms with van der Waals surface area (Å²) >= 11 is 0. The van der Waals surface area contributed by atoms with Crippen LogP contribution in [0.5, 0.6) is 0 Å². The second-order valence-electron chi connectivity index (χ2n) is 5.05. The summed E-state index contributed by atoms with van der Waals surface area (Å²) in [5.41, 5.74) is 0. The Labute approximate surface area is 104 Å². The Morgan fingerprint density at radius 1 is 0.875 bits per heavy atom. The summed E-state index contributed by atoms with van der Waals surface area (Å²) in [7, 11) is 0. The van der Waals surface area contributed by atoms with Crippen molar-refractivity contribution in [1.29, 1.82) is 0 Å². The number of allylic oxidation sites excluding steroid dienone is 1. The predicted octanol–water partition coefficient (Wildman–Crippen LogP) is 6.12. The van der Waals surface area contributed by atoms with E-state index in [1.807, 2.05) is 6.08 Å². The van der Waals surface area contributed by atoms with Crippen molar-refractivity contribution in [2.75, 3.05) is 0 Å². The SMILES string of the molecule is C=CCCCCC(CC)CCCCCCC. The summed E-state index contributed by atoms with van der Waals surface area (Å²) in [6.07, 6.45) is 17.4. The fourth-order valence-electron chi connectivity index (χ4n) is 2.31. The van der Waals surface area contributed by atoms with Crippen LogP contribution in [0, 0.1) is 5.92 Å². The highest BCUT2D eigenvalue weighted by Gasteiger charge is 2.05. The average Bonchev–Trinajstić information content (AvgIpc) is 2.31. The Hall–Kier alpha value is -0.260. The van der Waals surface area contributed by atoms with Gasteiger partial charge in [-0.05, 0) is 18.8 Å². The molecule has 0 fully saturated rings. The van der Waals surface area contributed by atoms with E-state index >= 15 is 0 Å². The van der Waals surface area contributed by atoms with Gasteiger partial charge in [0.05, 0.1) is 0 Å². The summed E-state index contributed by atoms with van der Waals surface area (Å²) in [4.78, 5) is 0. The lowest BCUT2D eigenvalue weighted by atomic mass is 9.92. The summed E-state index contributed by atoms with van der Waals surface area (Å²) in [5.74, 6) is 0.992. The van der Waals surface area contributed by atoms with Crippen LogP contribution in [0.25, 0.3) is 0 Å². The van der Waals surface area contributed by atoms with Crippen molar-refractivity contribution in [3.8, 4) is 0 Å². The van der Waals surface area contributed by atoms with Gasteiger partial charge in [-0.25, -0.2) is 0 Å². The molecule has 0 spiro atoms. The van der Waals surface area contributed by atoms with Crippen molar-refractivity contribution in [3.05, 3.63) is 12.7 Å². The van der Waals surface area contributed by atoms with Crippen molar-refractivity contribution in [2.45, 2.75) is 84.5 Å². The van der Waals surface area contributed by atoms with Crippen LogP contribution >= 0.6 is 0 Å². The van der Waals surface area contributed by atoms with E-state index in [1.54, 1.807) is 0 Å². The van der Waals surface area contributed by atoms with E-state index in [-0.39, 0.29) is 0 Å². The summed E-state index contributed by atoms with van der Waals surface area (Å²) in [5, 5.41) is 0. The molecular weight excluding hydrogens is 192 g/mol. The third-order valence-electron chi connectivity index (χ3n) is 3.56. The maximum absolute atomic E-state index is 3.78. The average molecular weight is 224 g/mol. The molecule has 0 aliphatic rings. The maximum Gasteiger partial charge on any atom is -0.0353 e. The van der Waals surface area contributed by atoms with Gasteiger partial charge < -0.3 is 0 Å². The zero-order valence-electron chi connectivity index (χ0n) is 11.6. The normalized spacial score (nSPS) is 12.6. The fraction of sp³-hybridized carbons (Fsp3) is 0.875. The highest BCUT2D eigenvalue weighted by atomic mass is 14.1. The van der Waals surface area contributed by atoms with Crippen LogP contribution in [0.2, 0.25) is 0 Å². The molecule has 0 nitrogen and oxygen atoms in total. The van der Waals surface area contributed by atoms with E-state index < -0.39 is 0 Å². The summed E-state index contributed by atoms with van der Waals surface area (Å²) in [6.45, 7) is 8.41. The molecule has 0 heterocycles. The first-order chi connectivity index (χ1) is 7.85. The van der Waals surface area contributed by atoms with E-state index in [9.17, 15) is 0 Å².